The maximum atomic E-state index is 12.4. The second-order valence-corrected chi connectivity index (χ2v) is 4.73. The standard InChI is InChI=1S/C16H15N3O/c1-11(12-5-4-8-17-9-12)19-16(20)14-10-18-15-7-3-2-6-13(14)15/h2-11,18H,1H3,(H,19,20). The van der Waals surface area contributed by atoms with Crippen LogP contribution in [-0.2, 0) is 0 Å². The van der Waals surface area contributed by atoms with Gasteiger partial charge in [0.15, 0.2) is 0 Å². The molecule has 0 aliphatic heterocycles. The van der Waals surface area contributed by atoms with E-state index in [-0.39, 0.29) is 11.9 Å². The Morgan fingerprint density at radius 1 is 1.25 bits per heavy atom. The maximum absolute atomic E-state index is 12.4. The Morgan fingerprint density at radius 2 is 2.10 bits per heavy atom. The molecule has 1 atom stereocenters. The fourth-order valence-corrected chi connectivity index (χ4v) is 2.25. The molecule has 20 heavy (non-hydrogen) atoms. The summed E-state index contributed by atoms with van der Waals surface area (Å²) in [5.41, 5.74) is 2.61. The summed E-state index contributed by atoms with van der Waals surface area (Å²) in [6.07, 6.45) is 5.23. The summed E-state index contributed by atoms with van der Waals surface area (Å²) in [6, 6.07) is 11.5. The normalized spacial score (nSPS) is 12.2. The van der Waals surface area contributed by atoms with Crippen LogP contribution in [0.15, 0.2) is 55.0 Å². The highest BCUT2D eigenvalue weighted by Gasteiger charge is 2.14. The van der Waals surface area contributed by atoms with E-state index in [0.717, 1.165) is 16.5 Å². The van der Waals surface area contributed by atoms with Crippen molar-refractivity contribution in [2.75, 3.05) is 0 Å². The summed E-state index contributed by atoms with van der Waals surface area (Å²) in [7, 11) is 0. The van der Waals surface area contributed by atoms with Crippen LogP contribution < -0.4 is 5.32 Å². The summed E-state index contributed by atoms with van der Waals surface area (Å²) in [4.78, 5) is 19.5. The zero-order valence-electron chi connectivity index (χ0n) is 11.1. The van der Waals surface area contributed by atoms with Crippen molar-refractivity contribution in [3.8, 4) is 0 Å². The van der Waals surface area contributed by atoms with Crippen molar-refractivity contribution in [1.82, 2.24) is 15.3 Å². The molecule has 0 aliphatic carbocycles. The monoisotopic (exact) mass is 265 g/mol. The van der Waals surface area contributed by atoms with E-state index in [0.29, 0.717) is 5.56 Å². The Kier molecular flexibility index (Phi) is 3.21. The number of aromatic nitrogens is 2. The van der Waals surface area contributed by atoms with E-state index in [1.165, 1.54) is 0 Å². The summed E-state index contributed by atoms with van der Waals surface area (Å²) in [5, 5.41) is 3.93. The van der Waals surface area contributed by atoms with Gasteiger partial charge in [-0.3, -0.25) is 9.78 Å². The van der Waals surface area contributed by atoms with E-state index in [9.17, 15) is 4.79 Å². The van der Waals surface area contributed by atoms with Crippen LogP contribution in [0.25, 0.3) is 10.9 Å². The lowest BCUT2D eigenvalue weighted by Gasteiger charge is -2.13. The van der Waals surface area contributed by atoms with E-state index in [1.807, 2.05) is 43.3 Å². The van der Waals surface area contributed by atoms with E-state index in [4.69, 9.17) is 0 Å². The Bertz CT molecular complexity index is 734. The molecule has 4 nitrogen and oxygen atoms in total. The topological polar surface area (TPSA) is 57.8 Å². The third-order valence-corrected chi connectivity index (χ3v) is 3.37. The van der Waals surface area contributed by atoms with Gasteiger partial charge in [0.2, 0.25) is 0 Å². The smallest absolute Gasteiger partial charge is 0.253 e. The van der Waals surface area contributed by atoms with Crippen LogP contribution in [0.3, 0.4) is 0 Å². The van der Waals surface area contributed by atoms with Crippen LogP contribution in [0.5, 0.6) is 0 Å². The molecule has 0 spiro atoms. The van der Waals surface area contributed by atoms with Crippen molar-refractivity contribution in [1.29, 1.82) is 0 Å². The first kappa shape index (κ1) is 12.4. The Balaban J connectivity index is 1.83. The van der Waals surface area contributed by atoms with Gasteiger partial charge in [0, 0.05) is 29.5 Å². The molecule has 0 aliphatic rings. The fraction of sp³-hybridized carbons (Fsp3) is 0.125. The van der Waals surface area contributed by atoms with Crippen LogP contribution in [0.1, 0.15) is 28.9 Å². The molecule has 3 aromatic rings. The van der Waals surface area contributed by atoms with Gasteiger partial charge in [0.25, 0.3) is 5.91 Å². The average Bonchev–Trinajstić information content (AvgIpc) is 2.92. The highest BCUT2D eigenvalue weighted by Crippen LogP contribution is 2.19. The summed E-state index contributed by atoms with van der Waals surface area (Å²) in [6.45, 7) is 1.95. The SMILES string of the molecule is CC(NC(=O)c1c[nH]c2ccccc12)c1cccnc1. The highest BCUT2D eigenvalue weighted by molar-refractivity contribution is 6.06. The number of nitrogens with one attached hydrogen (secondary N) is 2. The average molecular weight is 265 g/mol. The first-order chi connectivity index (χ1) is 9.75. The van der Waals surface area contributed by atoms with E-state index in [2.05, 4.69) is 15.3 Å². The minimum Gasteiger partial charge on any atom is -0.360 e. The number of nitrogens with zero attached hydrogens (tertiary/aromatic N) is 1. The molecule has 100 valence electrons. The Hall–Kier alpha value is -2.62. The molecular formula is C16H15N3O. The molecule has 1 aromatic carbocycles. The van der Waals surface area contributed by atoms with Crippen molar-refractivity contribution in [3.05, 3.63) is 66.1 Å². The summed E-state index contributed by atoms with van der Waals surface area (Å²) >= 11 is 0. The third kappa shape index (κ3) is 2.28. The Morgan fingerprint density at radius 3 is 2.90 bits per heavy atom. The molecule has 1 unspecified atom stereocenters. The van der Waals surface area contributed by atoms with E-state index >= 15 is 0 Å². The van der Waals surface area contributed by atoms with Gasteiger partial charge >= 0.3 is 0 Å². The molecule has 1 amide bonds. The van der Waals surface area contributed by atoms with Crippen molar-refractivity contribution in [2.24, 2.45) is 0 Å². The van der Waals surface area contributed by atoms with Gasteiger partial charge in [-0.25, -0.2) is 0 Å². The number of amides is 1. The number of carbonyl (C=O) groups excluding carboxylic acids is 1. The molecule has 2 N–H and O–H groups in total. The first-order valence-corrected chi connectivity index (χ1v) is 6.52. The van der Waals surface area contributed by atoms with Gasteiger partial charge < -0.3 is 10.3 Å². The maximum Gasteiger partial charge on any atom is 0.253 e. The Labute approximate surface area is 116 Å². The number of para-hydroxylation sites is 1. The van der Waals surface area contributed by atoms with Crippen LogP contribution in [0.4, 0.5) is 0 Å². The first-order valence-electron chi connectivity index (χ1n) is 6.52. The van der Waals surface area contributed by atoms with Crippen molar-refractivity contribution < 1.29 is 4.79 Å². The molecule has 3 rings (SSSR count). The number of carbonyl (C=O) groups is 1. The number of fused-ring (bicyclic) bond motifs is 1. The molecular weight excluding hydrogens is 250 g/mol. The fourth-order valence-electron chi connectivity index (χ4n) is 2.25. The molecule has 0 saturated heterocycles. The molecule has 0 saturated carbocycles. The molecule has 2 heterocycles. The predicted molar refractivity (Wildman–Crippen MR) is 78.4 cm³/mol. The zero-order valence-corrected chi connectivity index (χ0v) is 11.1. The van der Waals surface area contributed by atoms with Gasteiger partial charge in [-0.2, -0.15) is 0 Å². The molecule has 0 bridgehead atoms. The van der Waals surface area contributed by atoms with Crippen molar-refractivity contribution >= 4 is 16.8 Å². The number of rotatable bonds is 3. The van der Waals surface area contributed by atoms with Crippen LogP contribution in [-0.4, -0.2) is 15.9 Å². The largest absolute Gasteiger partial charge is 0.360 e. The second-order valence-electron chi connectivity index (χ2n) is 4.73. The van der Waals surface area contributed by atoms with Crippen LogP contribution in [0, 0.1) is 0 Å². The summed E-state index contributed by atoms with van der Waals surface area (Å²) in [5.74, 6) is -0.0844. The number of benzene rings is 1. The van der Waals surface area contributed by atoms with Gasteiger partial charge in [0.05, 0.1) is 11.6 Å². The number of pyridine rings is 1. The van der Waals surface area contributed by atoms with Gasteiger partial charge in [0.1, 0.15) is 0 Å². The van der Waals surface area contributed by atoms with Crippen LogP contribution in [0.2, 0.25) is 0 Å². The highest BCUT2D eigenvalue weighted by atomic mass is 16.1. The zero-order chi connectivity index (χ0) is 13.9. The minimum absolute atomic E-state index is 0.0788. The third-order valence-electron chi connectivity index (χ3n) is 3.37. The quantitative estimate of drug-likeness (QED) is 0.764. The second kappa shape index (κ2) is 5.17. The van der Waals surface area contributed by atoms with Gasteiger partial charge in [-0.1, -0.05) is 24.3 Å². The number of H-pyrrole nitrogens is 1. The molecule has 4 heteroatoms. The number of aromatic amines is 1. The van der Waals surface area contributed by atoms with E-state index in [1.54, 1.807) is 18.6 Å². The van der Waals surface area contributed by atoms with Crippen LogP contribution >= 0.6 is 0 Å². The minimum atomic E-state index is -0.0844. The lowest BCUT2D eigenvalue weighted by atomic mass is 10.1. The van der Waals surface area contributed by atoms with Gasteiger partial charge in [-0.15, -0.1) is 0 Å². The summed E-state index contributed by atoms with van der Waals surface area (Å²) < 4.78 is 0. The number of hydrogen-bond donors (Lipinski definition) is 2. The van der Waals surface area contributed by atoms with E-state index < -0.39 is 0 Å². The number of hydrogen-bond acceptors (Lipinski definition) is 2. The van der Waals surface area contributed by atoms with Crippen molar-refractivity contribution in [2.45, 2.75) is 13.0 Å². The predicted octanol–water partition coefficient (Wildman–Crippen LogP) is 3.05. The van der Waals surface area contributed by atoms with Gasteiger partial charge in [-0.05, 0) is 24.6 Å². The molecule has 0 radical (unpaired) electrons. The van der Waals surface area contributed by atoms with Crippen molar-refractivity contribution in [3.63, 3.8) is 0 Å². The molecule has 0 fully saturated rings. The molecule has 2 aromatic heterocycles. The lowest BCUT2D eigenvalue weighted by Crippen LogP contribution is -2.26. The lowest BCUT2D eigenvalue weighted by molar-refractivity contribution is 0.0941.